The molecule has 160 valence electrons. The van der Waals surface area contributed by atoms with Gasteiger partial charge in [0.15, 0.2) is 0 Å². The van der Waals surface area contributed by atoms with Crippen LogP contribution in [0.3, 0.4) is 0 Å². The lowest BCUT2D eigenvalue weighted by atomic mass is 9.87. The van der Waals surface area contributed by atoms with Gasteiger partial charge in [0.05, 0.1) is 6.61 Å². The highest BCUT2D eigenvalue weighted by Crippen LogP contribution is 2.33. The van der Waals surface area contributed by atoms with E-state index in [1.165, 1.54) is 50.6 Å². The number of aryl methyl sites for hydroxylation is 2. The van der Waals surface area contributed by atoms with Gasteiger partial charge in [0, 0.05) is 19.1 Å². The lowest BCUT2D eigenvalue weighted by molar-refractivity contribution is -0.137. The van der Waals surface area contributed by atoms with Crippen LogP contribution < -0.4 is 0 Å². The zero-order chi connectivity index (χ0) is 22.2. The minimum absolute atomic E-state index is 0.158. The van der Waals surface area contributed by atoms with Crippen LogP contribution in [0, 0.1) is 13.8 Å². The Labute approximate surface area is 185 Å². The van der Waals surface area contributed by atoms with Crippen molar-refractivity contribution >= 4 is 5.97 Å². The van der Waals surface area contributed by atoms with E-state index in [9.17, 15) is 9.90 Å². The van der Waals surface area contributed by atoms with Crippen LogP contribution in [0.5, 0.6) is 0 Å². The molecule has 31 heavy (non-hydrogen) atoms. The second-order valence-electron chi connectivity index (χ2n) is 7.72. The highest BCUT2D eigenvalue weighted by Gasteiger charge is 2.14. The normalized spacial score (nSPS) is 10.7. The molecule has 0 bridgehead atoms. The molecule has 0 saturated carbocycles. The fourth-order valence-electron chi connectivity index (χ4n) is 4.05. The molecule has 3 aromatic carbocycles. The van der Waals surface area contributed by atoms with Gasteiger partial charge in [-0.1, -0.05) is 67.2 Å². The first-order chi connectivity index (χ1) is 15.0. The Hall–Kier alpha value is -3.17. The lowest BCUT2D eigenvalue weighted by Gasteiger charge is -2.18. The zero-order valence-corrected chi connectivity index (χ0v) is 18.4. The molecule has 0 aromatic heterocycles. The van der Waals surface area contributed by atoms with Crippen molar-refractivity contribution < 1.29 is 14.6 Å². The Kier molecular flexibility index (Phi) is 7.80. The van der Waals surface area contributed by atoms with Crippen LogP contribution >= 0.6 is 0 Å². The molecule has 0 atom stereocenters. The van der Waals surface area contributed by atoms with Crippen LogP contribution in [0.15, 0.2) is 73.3 Å². The number of aliphatic hydroxyl groups excluding tert-OH is 1. The van der Waals surface area contributed by atoms with E-state index in [1.54, 1.807) is 0 Å². The van der Waals surface area contributed by atoms with Crippen LogP contribution in [0.25, 0.3) is 22.3 Å². The largest absolute Gasteiger partial charge is 0.462 e. The van der Waals surface area contributed by atoms with Crippen molar-refractivity contribution in [3.63, 3.8) is 0 Å². The highest BCUT2D eigenvalue weighted by molar-refractivity contribution is 5.81. The summed E-state index contributed by atoms with van der Waals surface area (Å²) in [6.07, 6.45) is 3.34. The van der Waals surface area contributed by atoms with Gasteiger partial charge in [-0.2, -0.15) is 0 Å². The van der Waals surface area contributed by atoms with Gasteiger partial charge in [0.25, 0.3) is 0 Å². The monoisotopic (exact) mass is 414 g/mol. The van der Waals surface area contributed by atoms with E-state index in [-0.39, 0.29) is 6.61 Å². The number of hydrogen-bond donors (Lipinski definition) is 1. The van der Waals surface area contributed by atoms with Crippen molar-refractivity contribution in [1.82, 2.24) is 0 Å². The molecule has 0 amide bonds. The molecule has 0 saturated heterocycles. The molecule has 0 aliphatic heterocycles. The Balaban J connectivity index is 1.96. The summed E-state index contributed by atoms with van der Waals surface area (Å²) >= 11 is 0. The molecule has 0 radical (unpaired) electrons. The summed E-state index contributed by atoms with van der Waals surface area (Å²) in [5.41, 5.74) is 9.61. The number of carbonyl (C=O) groups excluding carboxylic acids is 1. The molecule has 3 heteroatoms. The Morgan fingerprint density at radius 2 is 1.71 bits per heavy atom. The summed E-state index contributed by atoms with van der Waals surface area (Å²) in [5.74, 6) is -0.405. The number of hydrogen-bond acceptors (Lipinski definition) is 3. The third-order valence-electron chi connectivity index (χ3n) is 5.69. The van der Waals surface area contributed by atoms with Gasteiger partial charge in [-0.3, -0.25) is 0 Å². The number of carbonyl (C=O) groups is 1. The maximum atomic E-state index is 11.5. The average molecular weight is 415 g/mol. The van der Waals surface area contributed by atoms with Gasteiger partial charge < -0.3 is 9.84 Å². The second-order valence-corrected chi connectivity index (χ2v) is 7.72. The van der Waals surface area contributed by atoms with E-state index in [0.29, 0.717) is 19.4 Å². The molecule has 3 nitrogen and oxygen atoms in total. The minimum atomic E-state index is -0.405. The van der Waals surface area contributed by atoms with E-state index >= 15 is 0 Å². The molecule has 0 aliphatic carbocycles. The van der Waals surface area contributed by atoms with Gasteiger partial charge in [0.2, 0.25) is 0 Å². The Morgan fingerprint density at radius 3 is 2.39 bits per heavy atom. The van der Waals surface area contributed by atoms with Gasteiger partial charge >= 0.3 is 5.97 Å². The van der Waals surface area contributed by atoms with Gasteiger partial charge in [-0.25, -0.2) is 4.79 Å². The first-order valence-electron chi connectivity index (χ1n) is 10.7. The highest BCUT2D eigenvalue weighted by atomic mass is 16.5. The minimum Gasteiger partial charge on any atom is -0.462 e. The molecular weight excluding hydrogens is 384 g/mol. The number of aliphatic hydroxyl groups is 1. The second kappa shape index (κ2) is 10.7. The summed E-state index contributed by atoms with van der Waals surface area (Å²) in [4.78, 5) is 11.5. The molecule has 0 unspecified atom stereocenters. The third kappa shape index (κ3) is 5.50. The number of rotatable bonds is 9. The van der Waals surface area contributed by atoms with Crippen molar-refractivity contribution in [2.75, 3.05) is 13.2 Å². The Bertz CT molecular complexity index is 1050. The summed E-state index contributed by atoms with van der Waals surface area (Å²) in [7, 11) is 0. The summed E-state index contributed by atoms with van der Waals surface area (Å²) < 4.78 is 5.24. The van der Waals surface area contributed by atoms with Crippen molar-refractivity contribution in [3.8, 4) is 22.3 Å². The summed E-state index contributed by atoms with van der Waals surface area (Å²) in [5, 5.41) is 9.28. The van der Waals surface area contributed by atoms with Crippen LogP contribution in [0.1, 0.15) is 28.7 Å². The SMILES string of the molecule is C=CC(=O)OCCc1c(CCCO)ccc(-c2ccc(-c3ccccc3)cc2C)c1C. The van der Waals surface area contributed by atoms with Gasteiger partial charge in [0.1, 0.15) is 0 Å². The predicted molar refractivity (Wildman–Crippen MR) is 127 cm³/mol. The van der Waals surface area contributed by atoms with Crippen LogP contribution in [-0.4, -0.2) is 24.3 Å². The summed E-state index contributed by atoms with van der Waals surface area (Å²) in [6, 6.07) is 21.3. The molecule has 0 aliphatic rings. The fraction of sp³-hybridized carbons (Fsp3) is 0.250. The molecule has 0 heterocycles. The molecular formula is C28H30O3. The lowest BCUT2D eigenvalue weighted by Crippen LogP contribution is -2.08. The van der Waals surface area contributed by atoms with Gasteiger partial charge in [-0.15, -0.1) is 0 Å². The first kappa shape index (κ1) is 22.5. The fourth-order valence-corrected chi connectivity index (χ4v) is 4.05. The molecule has 3 aromatic rings. The topological polar surface area (TPSA) is 46.5 Å². The van der Waals surface area contributed by atoms with E-state index < -0.39 is 5.97 Å². The van der Waals surface area contributed by atoms with E-state index in [2.05, 4.69) is 75.0 Å². The number of benzene rings is 3. The van der Waals surface area contributed by atoms with Crippen molar-refractivity contribution in [2.45, 2.75) is 33.1 Å². The summed E-state index contributed by atoms with van der Waals surface area (Å²) in [6.45, 7) is 8.20. The molecule has 3 rings (SSSR count). The zero-order valence-electron chi connectivity index (χ0n) is 18.4. The average Bonchev–Trinajstić information content (AvgIpc) is 2.79. The van der Waals surface area contributed by atoms with Crippen molar-refractivity contribution in [1.29, 1.82) is 0 Å². The maximum absolute atomic E-state index is 11.5. The molecule has 0 spiro atoms. The molecule has 0 fully saturated rings. The third-order valence-corrected chi connectivity index (χ3v) is 5.69. The predicted octanol–water partition coefficient (Wildman–Crippen LogP) is 5.83. The van der Waals surface area contributed by atoms with E-state index in [0.717, 1.165) is 6.42 Å². The van der Waals surface area contributed by atoms with E-state index in [1.807, 2.05) is 6.07 Å². The smallest absolute Gasteiger partial charge is 0.330 e. The number of ether oxygens (including phenoxy) is 1. The van der Waals surface area contributed by atoms with Crippen LogP contribution in [0.4, 0.5) is 0 Å². The number of esters is 1. The van der Waals surface area contributed by atoms with Crippen molar-refractivity contribution in [3.05, 3.63) is 95.6 Å². The van der Waals surface area contributed by atoms with E-state index in [4.69, 9.17) is 4.74 Å². The van der Waals surface area contributed by atoms with Crippen LogP contribution in [-0.2, 0) is 22.4 Å². The van der Waals surface area contributed by atoms with Gasteiger partial charge in [-0.05, 0) is 71.2 Å². The van der Waals surface area contributed by atoms with Crippen molar-refractivity contribution in [2.24, 2.45) is 0 Å². The standard InChI is InChI=1S/C28H30O3/c1-4-28(30)31-18-16-26-21(3)27(15-12-23(26)11-8-17-29)25-14-13-24(19-20(25)2)22-9-6-5-7-10-22/h4-7,9-10,12-15,19,29H,1,8,11,16-18H2,2-3H3. The Morgan fingerprint density at radius 1 is 0.968 bits per heavy atom. The maximum Gasteiger partial charge on any atom is 0.330 e. The van der Waals surface area contributed by atoms with Crippen LogP contribution in [0.2, 0.25) is 0 Å². The first-order valence-corrected chi connectivity index (χ1v) is 10.7. The quantitative estimate of drug-likeness (QED) is 0.354. The molecule has 1 N–H and O–H groups in total.